The highest BCUT2D eigenvalue weighted by atomic mass is 16.5. The Kier molecular flexibility index (Phi) is 4.69. The number of hydrogen-bond donors (Lipinski definition) is 1. The minimum atomic E-state index is -0.572. The van der Waals surface area contributed by atoms with E-state index in [2.05, 4.69) is 5.32 Å². The van der Waals surface area contributed by atoms with Gasteiger partial charge in [-0.1, -0.05) is 12.1 Å². The van der Waals surface area contributed by atoms with E-state index in [4.69, 9.17) is 4.74 Å². The number of carbonyl (C=O) groups is 2. The van der Waals surface area contributed by atoms with Gasteiger partial charge in [0.05, 0.1) is 0 Å². The van der Waals surface area contributed by atoms with Crippen LogP contribution < -0.4 is 10.1 Å². The van der Waals surface area contributed by atoms with E-state index in [1.165, 1.54) is 6.92 Å². The normalized spacial score (nSPS) is 11.7. The third-order valence-electron chi connectivity index (χ3n) is 2.27. The van der Waals surface area contributed by atoms with Crippen molar-refractivity contribution in [2.75, 3.05) is 6.54 Å². The highest BCUT2D eigenvalue weighted by molar-refractivity contribution is 5.94. The van der Waals surface area contributed by atoms with Crippen LogP contribution >= 0.6 is 0 Å². The van der Waals surface area contributed by atoms with Crippen molar-refractivity contribution in [3.05, 3.63) is 29.8 Å². The largest absolute Gasteiger partial charge is 0.481 e. The number of nitrogens with one attached hydrogen (secondary N) is 1. The molecule has 4 nitrogen and oxygen atoms in total. The molecular weight excluding hydrogens is 218 g/mol. The number of ketones is 1. The molecule has 1 rings (SSSR count). The van der Waals surface area contributed by atoms with Crippen LogP contribution in [0.3, 0.4) is 0 Å². The molecule has 0 spiro atoms. The van der Waals surface area contributed by atoms with Crippen molar-refractivity contribution < 1.29 is 14.3 Å². The average Bonchev–Trinajstić information content (AvgIpc) is 2.29. The van der Waals surface area contributed by atoms with Crippen LogP contribution in [-0.2, 0) is 4.79 Å². The third-order valence-corrected chi connectivity index (χ3v) is 2.27. The number of benzene rings is 1. The molecule has 4 heteroatoms. The van der Waals surface area contributed by atoms with Crippen LogP contribution in [-0.4, -0.2) is 24.3 Å². The van der Waals surface area contributed by atoms with Crippen LogP contribution in [0.5, 0.6) is 5.75 Å². The third kappa shape index (κ3) is 3.90. The van der Waals surface area contributed by atoms with Crippen molar-refractivity contribution in [1.82, 2.24) is 5.32 Å². The van der Waals surface area contributed by atoms with E-state index >= 15 is 0 Å². The lowest BCUT2D eigenvalue weighted by molar-refractivity contribution is -0.127. The summed E-state index contributed by atoms with van der Waals surface area (Å²) in [5.74, 6) is 0.332. The van der Waals surface area contributed by atoms with Crippen LogP contribution in [0.2, 0.25) is 0 Å². The first-order valence-electron chi connectivity index (χ1n) is 5.60. The second-order valence-electron chi connectivity index (χ2n) is 3.74. The molecule has 17 heavy (non-hydrogen) atoms. The number of carbonyl (C=O) groups excluding carboxylic acids is 2. The van der Waals surface area contributed by atoms with E-state index in [0.717, 1.165) is 0 Å². The van der Waals surface area contributed by atoms with Gasteiger partial charge in [0.1, 0.15) is 5.75 Å². The van der Waals surface area contributed by atoms with Crippen molar-refractivity contribution in [2.24, 2.45) is 0 Å². The van der Waals surface area contributed by atoms with E-state index in [1.54, 1.807) is 31.2 Å². The molecule has 92 valence electrons. The van der Waals surface area contributed by atoms with Crippen molar-refractivity contribution in [1.29, 1.82) is 0 Å². The smallest absolute Gasteiger partial charge is 0.260 e. The molecule has 0 radical (unpaired) electrons. The van der Waals surface area contributed by atoms with Gasteiger partial charge in [0.2, 0.25) is 0 Å². The Labute approximate surface area is 101 Å². The van der Waals surface area contributed by atoms with Gasteiger partial charge in [0.15, 0.2) is 11.9 Å². The Hall–Kier alpha value is -1.84. The quantitative estimate of drug-likeness (QED) is 0.792. The molecule has 0 heterocycles. The number of ether oxygens (including phenoxy) is 1. The number of likely N-dealkylation sites (N-methyl/N-ethyl adjacent to an activating group) is 1. The van der Waals surface area contributed by atoms with Crippen LogP contribution in [0.15, 0.2) is 24.3 Å². The fourth-order valence-corrected chi connectivity index (χ4v) is 1.36. The molecule has 0 fully saturated rings. The van der Waals surface area contributed by atoms with Crippen molar-refractivity contribution >= 4 is 11.7 Å². The Morgan fingerprint density at radius 3 is 2.71 bits per heavy atom. The molecule has 0 saturated heterocycles. The summed E-state index contributed by atoms with van der Waals surface area (Å²) in [7, 11) is 0. The Morgan fingerprint density at radius 2 is 2.12 bits per heavy atom. The lowest BCUT2D eigenvalue weighted by Crippen LogP contribution is -2.36. The van der Waals surface area contributed by atoms with Gasteiger partial charge >= 0.3 is 0 Å². The van der Waals surface area contributed by atoms with Gasteiger partial charge in [0.25, 0.3) is 5.91 Å². The zero-order valence-corrected chi connectivity index (χ0v) is 10.3. The van der Waals surface area contributed by atoms with Crippen LogP contribution in [0.25, 0.3) is 0 Å². The van der Waals surface area contributed by atoms with Crippen molar-refractivity contribution in [2.45, 2.75) is 26.9 Å². The monoisotopic (exact) mass is 235 g/mol. The molecule has 1 amide bonds. The summed E-state index contributed by atoms with van der Waals surface area (Å²) in [6.45, 7) is 5.58. The fourth-order valence-electron chi connectivity index (χ4n) is 1.36. The maximum Gasteiger partial charge on any atom is 0.260 e. The van der Waals surface area contributed by atoms with Gasteiger partial charge in [-0.15, -0.1) is 0 Å². The summed E-state index contributed by atoms with van der Waals surface area (Å²) in [4.78, 5) is 22.6. The Bertz CT molecular complexity index is 415. The predicted octanol–water partition coefficient (Wildman–Crippen LogP) is 1.79. The predicted molar refractivity (Wildman–Crippen MR) is 65.2 cm³/mol. The zero-order chi connectivity index (χ0) is 12.8. The zero-order valence-electron chi connectivity index (χ0n) is 10.3. The van der Waals surface area contributed by atoms with Crippen molar-refractivity contribution in [3.8, 4) is 5.75 Å². The van der Waals surface area contributed by atoms with Gasteiger partial charge in [-0.25, -0.2) is 0 Å². The van der Waals surface area contributed by atoms with Gasteiger partial charge in [-0.05, 0) is 32.9 Å². The minimum Gasteiger partial charge on any atom is -0.481 e. The lowest BCUT2D eigenvalue weighted by Gasteiger charge is -2.14. The molecule has 1 aromatic rings. The SMILES string of the molecule is CCNC(=O)[C@@H](C)Oc1cccc(C(C)=O)c1. The summed E-state index contributed by atoms with van der Waals surface area (Å²) in [6, 6.07) is 6.81. The topological polar surface area (TPSA) is 55.4 Å². The van der Waals surface area contributed by atoms with Crippen LogP contribution in [0, 0.1) is 0 Å². The van der Waals surface area contributed by atoms with E-state index in [1.807, 2.05) is 6.92 Å². The first-order chi connectivity index (χ1) is 8.04. The molecule has 0 saturated carbocycles. The summed E-state index contributed by atoms with van der Waals surface area (Å²) in [6.07, 6.45) is -0.572. The Morgan fingerprint density at radius 1 is 1.41 bits per heavy atom. The average molecular weight is 235 g/mol. The van der Waals surface area contributed by atoms with E-state index in [0.29, 0.717) is 17.9 Å². The second-order valence-corrected chi connectivity index (χ2v) is 3.74. The summed E-state index contributed by atoms with van der Waals surface area (Å²) < 4.78 is 5.46. The van der Waals surface area contributed by atoms with E-state index < -0.39 is 6.10 Å². The van der Waals surface area contributed by atoms with Gasteiger partial charge < -0.3 is 10.1 Å². The molecule has 0 aliphatic rings. The maximum atomic E-state index is 11.5. The summed E-state index contributed by atoms with van der Waals surface area (Å²) >= 11 is 0. The van der Waals surface area contributed by atoms with E-state index in [9.17, 15) is 9.59 Å². The summed E-state index contributed by atoms with van der Waals surface area (Å²) in [5.41, 5.74) is 0.575. The van der Waals surface area contributed by atoms with Crippen LogP contribution in [0.1, 0.15) is 31.1 Å². The van der Waals surface area contributed by atoms with Crippen LogP contribution in [0.4, 0.5) is 0 Å². The molecule has 1 aromatic carbocycles. The molecule has 0 unspecified atom stereocenters. The first kappa shape index (κ1) is 13.2. The van der Waals surface area contributed by atoms with Gasteiger partial charge in [-0.3, -0.25) is 9.59 Å². The minimum absolute atomic E-state index is 0.0267. The number of rotatable bonds is 5. The maximum absolute atomic E-state index is 11.5. The molecule has 0 aliphatic carbocycles. The highest BCUT2D eigenvalue weighted by Crippen LogP contribution is 2.15. The molecule has 1 N–H and O–H groups in total. The van der Waals surface area contributed by atoms with Crippen molar-refractivity contribution in [3.63, 3.8) is 0 Å². The van der Waals surface area contributed by atoms with Gasteiger partial charge in [-0.2, -0.15) is 0 Å². The standard InChI is InChI=1S/C13H17NO3/c1-4-14-13(16)10(3)17-12-7-5-6-11(8-12)9(2)15/h5-8,10H,4H2,1-3H3,(H,14,16)/t10-/m1/s1. The Balaban J connectivity index is 2.71. The number of hydrogen-bond acceptors (Lipinski definition) is 3. The first-order valence-corrected chi connectivity index (χ1v) is 5.60. The highest BCUT2D eigenvalue weighted by Gasteiger charge is 2.13. The van der Waals surface area contributed by atoms with Gasteiger partial charge in [0, 0.05) is 12.1 Å². The van der Waals surface area contributed by atoms with E-state index in [-0.39, 0.29) is 11.7 Å². The number of Topliss-reactive ketones (excluding diaryl/α,β-unsaturated/α-hetero) is 1. The second kappa shape index (κ2) is 6.03. The molecule has 1 atom stereocenters. The summed E-state index contributed by atoms with van der Waals surface area (Å²) in [5, 5.41) is 2.67. The molecular formula is C13H17NO3. The molecule has 0 aromatic heterocycles. The molecule has 0 aliphatic heterocycles. The fraction of sp³-hybridized carbons (Fsp3) is 0.385. The lowest BCUT2D eigenvalue weighted by atomic mass is 10.1. The molecule has 0 bridgehead atoms. The number of amides is 1.